The summed E-state index contributed by atoms with van der Waals surface area (Å²) in [6, 6.07) is 4.11. The fraction of sp³-hybridized carbons (Fsp3) is 0.273. The van der Waals surface area contributed by atoms with Gasteiger partial charge in [-0.25, -0.2) is 17.9 Å². The highest BCUT2D eigenvalue weighted by Gasteiger charge is 2.33. The quantitative estimate of drug-likeness (QED) is 0.903. The summed E-state index contributed by atoms with van der Waals surface area (Å²) >= 11 is 3.25. The number of rotatable bonds is 3. The number of nitrogens with zero attached hydrogens (tertiary/aromatic N) is 3. The normalized spacial score (nSPS) is 15.6. The Morgan fingerprint density at radius 3 is 2.60 bits per heavy atom. The zero-order chi connectivity index (χ0) is 14.5. The third-order valence-electron chi connectivity index (χ3n) is 3.00. The third kappa shape index (κ3) is 2.36. The molecule has 1 saturated carbocycles. The summed E-state index contributed by atoms with van der Waals surface area (Å²) in [5.41, 5.74) is 0.570. The second kappa shape index (κ2) is 4.61. The largest absolute Gasteiger partial charge is 0.294 e. The fourth-order valence-corrected chi connectivity index (χ4v) is 3.18. The Labute approximate surface area is 123 Å². The molecule has 0 saturated heterocycles. The average Bonchev–Trinajstić information content (AvgIpc) is 3.07. The maximum Gasteiger partial charge on any atom is 0.273 e. The van der Waals surface area contributed by atoms with Gasteiger partial charge in [-0.1, -0.05) is 0 Å². The van der Waals surface area contributed by atoms with E-state index in [0.717, 1.165) is 12.8 Å². The molecule has 0 aliphatic heterocycles. The highest BCUT2D eigenvalue weighted by Crippen LogP contribution is 2.40. The highest BCUT2D eigenvalue weighted by atomic mass is 79.9. The van der Waals surface area contributed by atoms with E-state index in [9.17, 15) is 12.8 Å². The van der Waals surface area contributed by atoms with Gasteiger partial charge in [0, 0.05) is 16.1 Å². The van der Waals surface area contributed by atoms with Crippen LogP contribution in [0.1, 0.15) is 18.9 Å². The van der Waals surface area contributed by atoms with Crippen molar-refractivity contribution < 1.29 is 12.8 Å². The summed E-state index contributed by atoms with van der Waals surface area (Å²) in [5.74, 6) is -0.0341. The van der Waals surface area contributed by atoms with Crippen LogP contribution < -0.4 is 5.14 Å². The molecule has 106 valence electrons. The molecule has 2 N–H and O–H groups in total. The van der Waals surface area contributed by atoms with Gasteiger partial charge in [0.2, 0.25) is 0 Å². The smallest absolute Gasteiger partial charge is 0.273 e. The van der Waals surface area contributed by atoms with Gasteiger partial charge in [-0.3, -0.25) is 4.57 Å². The monoisotopic (exact) mass is 360 g/mol. The van der Waals surface area contributed by atoms with Gasteiger partial charge in [-0.2, -0.15) is 0 Å². The van der Waals surface area contributed by atoms with Crippen molar-refractivity contribution >= 4 is 26.0 Å². The van der Waals surface area contributed by atoms with E-state index in [2.05, 4.69) is 26.1 Å². The molecule has 2 aromatic rings. The standard InChI is InChI=1S/C11H10BrFN4O2S/c12-9-5-6(13)1-4-8(9)10-15-16-11(20(14,18)19)17(10)7-2-3-7/h1,4-5,7H,2-3H2,(H2,14,18,19). The lowest BCUT2D eigenvalue weighted by molar-refractivity contribution is 0.567. The van der Waals surface area contributed by atoms with Crippen molar-refractivity contribution in [1.82, 2.24) is 14.8 Å². The van der Waals surface area contributed by atoms with Crippen molar-refractivity contribution in [3.63, 3.8) is 0 Å². The van der Waals surface area contributed by atoms with Crippen molar-refractivity contribution in [3.05, 3.63) is 28.5 Å². The van der Waals surface area contributed by atoms with Crippen LogP contribution in [0.15, 0.2) is 27.8 Å². The summed E-state index contributed by atoms with van der Waals surface area (Å²) in [5, 5.41) is 12.5. The van der Waals surface area contributed by atoms with Gasteiger partial charge in [0.1, 0.15) is 5.82 Å². The summed E-state index contributed by atoms with van der Waals surface area (Å²) < 4.78 is 38.2. The molecule has 1 heterocycles. The first-order valence-electron chi connectivity index (χ1n) is 5.81. The van der Waals surface area contributed by atoms with Crippen LogP contribution in [0.25, 0.3) is 11.4 Å². The van der Waals surface area contributed by atoms with Crippen molar-refractivity contribution in [2.75, 3.05) is 0 Å². The molecular weight excluding hydrogens is 351 g/mol. The molecule has 0 atom stereocenters. The van der Waals surface area contributed by atoms with Gasteiger partial charge in [0.15, 0.2) is 5.82 Å². The Kier molecular flexibility index (Phi) is 3.14. The van der Waals surface area contributed by atoms with E-state index in [1.807, 2.05) is 0 Å². The van der Waals surface area contributed by atoms with Crippen LogP contribution in [-0.2, 0) is 10.0 Å². The van der Waals surface area contributed by atoms with Crippen molar-refractivity contribution in [1.29, 1.82) is 0 Å². The predicted molar refractivity (Wildman–Crippen MR) is 72.8 cm³/mol. The first kappa shape index (κ1) is 13.7. The first-order valence-corrected chi connectivity index (χ1v) is 8.15. The van der Waals surface area contributed by atoms with Crippen LogP contribution in [-0.4, -0.2) is 23.2 Å². The van der Waals surface area contributed by atoms with Crippen LogP contribution in [0, 0.1) is 5.82 Å². The van der Waals surface area contributed by atoms with E-state index in [1.54, 1.807) is 0 Å². The number of halogens is 2. The third-order valence-corrected chi connectivity index (χ3v) is 4.45. The van der Waals surface area contributed by atoms with Gasteiger partial charge < -0.3 is 0 Å². The van der Waals surface area contributed by atoms with E-state index in [1.165, 1.54) is 22.8 Å². The maximum atomic E-state index is 13.1. The molecule has 0 unspecified atom stereocenters. The minimum Gasteiger partial charge on any atom is -0.294 e. The maximum absolute atomic E-state index is 13.1. The number of sulfonamides is 1. The van der Waals surface area contributed by atoms with E-state index in [-0.39, 0.29) is 11.2 Å². The first-order chi connectivity index (χ1) is 9.38. The van der Waals surface area contributed by atoms with E-state index < -0.39 is 15.8 Å². The molecule has 0 bridgehead atoms. The molecule has 1 aromatic heterocycles. The zero-order valence-electron chi connectivity index (χ0n) is 10.1. The van der Waals surface area contributed by atoms with Crippen LogP contribution in [0.2, 0.25) is 0 Å². The fourth-order valence-electron chi connectivity index (χ4n) is 1.99. The zero-order valence-corrected chi connectivity index (χ0v) is 12.5. The van der Waals surface area contributed by atoms with Crippen LogP contribution in [0.4, 0.5) is 4.39 Å². The Morgan fingerprint density at radius 1 is 1.35 bits per heavy atom. The lowest BCUT2D eigenvalue weighted by Gasteiger charge is -2.09. The Hall–Kier alpha value is -1.32. The molecule has 0 radical (unpaired) electrons. The average molecular weight is 361 g/mol. The topological polar surface area (TPSA) is 90.9 Å². The second-order valence-corrected chi connectivity index (χ2v) is 6.89. The van der Waals surface area contributed by atoms with Crippen LogP contribution in [0.5, 0.6) is 0 Å². The molecule has 6 nitrogen and oxygen atoms in total. The summed E-state index contributed by atoms with van der Waals surface area (Å²) in [6.07, 6.45) is 1.68. The Bertz CT molecular complexity index is 786. The highest BCUT2D eigenvalue weighted by molar-refractivity contribution is 9.10. The molecule has 9 heteroatoms. The molecule has 1 aromatic carbocycles. The van der Waals surface area contributed by atoms with Crippen LogP contribution >= 0.6 is 15.9 Å². The lowest BCUT2D eigenvalue weighted by atomic mass is 10.2. The second-order valence-electron chi connectivity index (χ2n) is 4.58. The molecule has 0 amide bonds. The van der Waals surface area contributed by atoms with Gasteiger partial charge in [-0.05, 0) is 47.0 Å². The number of primary sulfonamides is 1. The number of benzene rings is 1. The number of nitrogens with two attached hydrogens (primary N) is 1. The SMILES string of the molecule is NS(=O)(=O)c1nnc(-c2ccc(F)cc2Br)n1C1CC1. The summed E-state index contributed by atoms with van der Waals surface area (Å²) in [4.78, 5) is 0. The number of hydrogen-bond donors (Lipinski definition) is 1. The van der Waals surface area contributed by atoms with E-state index in [4.69, 9.17) is 5.14 Å². The molecule has 1 fully saturated rings. The van der Waals surface area contributed by atoms with E-state index in [0.29, 0.717) is 15.9 Å². The Morgan fingerprint density at radius 2 is 2.05 bits per heavy atom. The van der Waals surface area contributed by atoms with Crippen molar-refractivity contribution in [3.8, 4) is 11.4 Å². The minimum absolute atomic E-state index is 0.0188. The van der Waals surface area contributed by atoms with Gasteiger partial charge in [-0.15, -0.1) is 10.2 Å². The predicted octanol–water partition coefficient (Wildman–Crippen LogP) is 1.83. The van der Waals surface area contributed by atoms with Crippen molar-refractivity contribution in [2.24, 2.45) is 5.14 Å². The van der Waals surface area contributed by atoms with E-state index >= 15 is 0 Å². The van der Waals surface area contributed by atoms with Gasteiger partial charge >= 0.3 is 0 Å². The minimum atomic E-state index is -3.95. The molecule has 0 spiro atoms. The Balaban J connectivity index is 2.22. The molecule has 1 aliphatic carbocycles. The molecule has 1 aliphatic rings. The summed E-state index contributed by atoms with van der Waals surface area (Å²) in [7, 11) is -3.95. The molecular formula is C11H10BrFN4O2S. The lowest BCUT2D eigenvalue weighted by Crippen LogP contribution is -2.18. The molecule has 3 rings (SSSR count). The summed E-state index contributed by atoms with van der Waals surface area (Å²) in [6.45, 7) is 0. The van der Waals surface area contributed by atoms with Gasteiger partial charge in [0.05, 0.1) is 0 Å². The number of aromatic nitrogens is 3. The van der Waals surface area contributed by atoms with Crippen LogP contribution in [0.3, 0.4) is 0 Å². The molecule has 20 heavy (non-hydrogen) atoms. The number of hydrogen-bond acceptors (Lipinski definition) is 4. The van der Waals surface area contributed by atoms with Crippen molar-refractivity contribution in [2.45, 2.75) is 24.0 Å². The van der Waals surface area contributed by atoms with Gasteiger partial charge in [0.25, 0.3) is 15.2 Å².